The van der Waals surface area contributed by atoms with Crippen molar-refractivity contribution < 1.29 is 15.0 Å². The van der Waals surface area contributed by atoms with Gasteiger partial charge >= 0.3 is 5.97 Å². The minimum Gasteiger partial charge on any atom is -0.510 e. The molecule has 4 nitrogen and oxygen atoms in total. The van der Waals surface area contributed by atoms with Gasteiger partial charge in [-0.3, -0.25) is 0 Å². The largest absolute Gasteiger partial charge is 0.510 e. The molecule has 0 unspecified atom stereocenters. The standard InChI is InChI=1S/C14H13NO3/c15-8-12(14(17)18)13(16)11-6-10(7-11)9-4-2-1-3-5-9/h1-5,10-11,16H,6-7H2,(H,17,18). The van der Waals surface area contributed by atoms with Crippen molar-refractivity contribution in [2.45, 2.75) is 18.8 Å². The van der Waals surface area contributed by atoms with Gasteiger partial charge in [-0.05, 0) is 24.3 Å². The highest BCUT2D eigenvalue weighted by molar-refractivity contribution is 5.91. The first-order chi connectivity index (χ1) is 8.63. The number of aliphatic carboxylic acids is 1. The maximum absolute atomic E-state index is 10.7. The second-order valence-corrected chi connectivity index (χ2v) is 4.45. The Hall–Kier alpha value is -2.28. The summed E-state index contributed by atoms with van der Waals surface area (Å²) in [6, 6.07) is 11.4. The van der Waals surface area contributed by atoms with Gasteiger partial charge in [0.1, 0.15) is 11.8 Å². The summed E-state index contributed by atoms with van der Waals surface area (Å²) in [6.07, 6.45) is 1.38. The van der Waals surface area contributed by atoms with Crippen LogP contribution in [0.4, 0.5) is 0 Å². The second-order valence-electron chi connectivity index (χ2n) is 4.45. The van der Waals surface area contributed by atoms with Crippen LogP contribution in [0.2, 0.25) is 0 Å². The number of nitriles is 1. The number of hydrogen-bond donors (Lipinski definition) is 2. The number of hydrogen-bond acceptors (Lipinski definition) is 3. The molecule has 1 fully saturated rings. The minimum atomic E-state index is -1.36. The van der Waals surface area contributed by atoms with Gasteiger partial charge in [0, 0.05) is 5.92 Å². The molecule has 18 heavy (non-hydrogen) atoms. The van der Waals surface area contributed by atoms with Crippen molar-refractivity contribution in [3.05, 3.63) is 47.2 Å². The Kier molecular flexibility index (Phi) is 3.33. The Bertz CT molecular complexity index is 522. The van der Waals surface area contributed by atoms with E-state index in [0.29, 0.717) is 18.8 Å². The molecule has 1 aliphatic rings. The average molecular weight is 243 g/mol. The molecule has 92 valence electrons. The van der Waals surface area contributed by atoms with Gasteiger partial charge < -0.3 is 10.2 Å². The highest BCUT2D eigenvalue weighted by Gasteiger charge is 2.35. The molecule has 0 bridgehead atoms. The summed E-state index contributed by atoms with van der Waals surface area (Å²) in [7, 11) is 0. The first kappa shape index (κ1) is 12.2. The molecule has 0 heterocycles. The lowest BCUT2D eigenvalue weighted by molar-refractivity contribution is -0.132. The van der Waals surface area contributed by atoms with Crippen LogP contribution in [-0.2, 0) is 4.79 Å². The molecule has 0 aromatic heterocycles. The molecule has 4 heteroatoms. The van der Waals surface area contributed by atoms with E-state index in [1.54, 1.807) is 0 Å². The molecular formula is C14H13NO3. The fraction of sp³-hybridized carbons (Fsp3) is 0.286. The Morgan fingerprint density at radius 1 is 1.22 bits per heavy atom. The normalized spacial score (nSPS) is 23.5. The van der Waals surface area contributed by atoms with Crippen molar-refractivity contribution >= 4 is 5.97 Å². The zero-order chi connectivity index (χ0) is 13.1. The lowest BCUT2D eigenvalue weighted by Crippen LogP contribution is -2.25. The summed E-state index contributed by atoms with van der Waals surface area (Å²) in [5.41, 5.74) is 0.655. The predicted molar refractivity (Wildman–Crippen MR) is 64.8 cm³/mol. The molecule has 0 radical (unpaired) electrons. The summed E-state index contributed by atoms with van der Waals surface area (Å²) in [5, 5.41) is 27.2. The number of benzene rings is 1. The zero-order valence-electron chi connectivity index (χ0n) is 9.71. The molecule has 1 aromatic carbocycles. The Labute approximate surface area is 105 Å². The molecule has 1 saturated carbocycles. The molecule has 0 aliphatic heterocycles. The van der Waals surface area contributed by atoms with Gasteiger partial charge in [0.2, 0.25) is 0 Å². The number of rotatable bonds is 3. The van der Waals surface area contributed by atoms with E-state index < -0.39 is 11.5 Å². The number of carbonyl (C=O) groups is 1. The fourth-order valence-electron chi connectivity index (χ4n) is 2.26. The van der Waals surface area contributed by atoms with Crippen LogP contribution in [0, 0.1) is 17.2 Å². The van der Waals surface area contributed by atoms with Gasteiger partial charge in [-0.15, -0.1) is 0 Å². The summed E-state index contributed by atoms with van der Waals surface area (Å²) in [5.74, 6) is -1.51. The molecule has 0 saturated heterocycles. The highest BCUT2D eigenvalue weighted by Crippen LogP contribution is 2.45. The van der Waals surface area contributed by atoms with Gasteiger partial charge in [0.15, 0.2) is 5.57 Å². The van der Waals surface area contributed by atoms with Crippen molar-refractivity contribution in [1.82, 2.24) is 0 Å². The van der Waals surface area contributed by atoms with Gasteiger partial charge in [0.25, 0.3) is 0 Å². The molecule has 0 atom stereocenters. The van der Waals surface area contributed by atoms with E-state index >= 15 is 0 Å². The van der Waals surface area contributed by atoms with E-state index in [9.17, 15) is 9.90 Å². The number of allylic oxidation sites excluding steroid dienone is 1. The van der Waals surface area contributed by atoms with E-state index in [4.69, 9.17) is 10.4 Å². The van der Waals surface area contributed by atoms with Crippen LogP contribution in [0.15, 0.2) is 41.7 Å². The van der Waals surface area contributed by atoms with Crippen LogP contribution < -0.4 is 0 Å². The van der Waals surface area contributed by atoms with Gasteiger partial charge in [-0.2, -0.15) is 5.26 Å². The van der Waals surface area contributed by atoms with Crippen molar-refractivity contribution in [3.8, 4) is 6.07 Å². The number of aliphatic hydroxyl groups is 1. The van der Waals surface area contributed by atoms with E-state index in [1.165, 1.54) is 11.6 Å². The van der Waals surface area contributed by atoms with Crippen LogP contribution >= 0.6 is 0 Å². The van der Waals surface area contributed by atoms with Crippen molar-refractivity contribution in [2.24, 2.45) is 5.92 Å². The number of nitrogens with zero attached hydrogens (tertiary/aromatic N) is 1. The second kappa shape index (κ2) is 4.92. The molecular weight excluding hydrogens is 230 g/mol. The number of carboxylic acid groups (broad SMARTS) is 1. The van der Waals surface area contributed by atoms with E-state index in [-0.39, 0.29) is 11.7 Å². The predicted octanol–water partition coefficient (Wildman–Crippen LogP) is 2.60. The summed E-state index contributed by atoms with van der Waals surface area (Å²) in [6.45, 7) is 0. The van der Waals surface area contributed by atoms with Crippen molar-refractivity contribution in [2.75, 3.05) is 0 Å². The number of carboxylic acids is 1. The molecule has 2 rings (SSSR count). The van der Waals surface area contributed by atoms with Crippen molar-refractivity contribution in [3.63, 3.8) is 0 Å². The monoisotopic (exact) mass is 243 g/mol. The highest BCUT2D eigenvalue weighted by atomic mass is 16.4. The van der Waals surface area contributed by atoms with Crippen molar-refractivity contribution in [1.29, 1.82) is 5.26 Å². The van der Waals surface area contributed by atoms with Gasteiger partial charge in [-0.25, -0.2) is 4.79 Å². The fourth-order valence-corrected chi connectivity index (χ4v) is 2.26. The van der Waals surface area contributed by atoms with Crippen LogP contribution in [-0.4, -0.2) is 16.2 Å². The Morgan fingerprint density at radius 2 is 1.83 bits per heavy atom. The minimum absolute atomic E-state index is 0.207. The Morgan fingerprint density at radius 3 is 2.33 bits per heavy atom. The SMILES string of the molecule is N#CC(C(=O)O)=C(O)C1CC(c2ccccc2)C1. The van der Waals surface area contributed by atoms with Crippen LogP contribution in [0.25, 0.3) is 0 Å². The van der Waals surface area contributed by atoms with E-state index in [2.05, 4.69) is 0 Å². The topological polar surface area (TPSA) is 81.3 Å². The lowest BCUT2D eigenvalue weighted by atomic mass is 9.70. The molecule has 0 spiro atoms. The molecule has 1 aliphatic carbocycles. The zero-order valence-corrected chi connectivity index (χ0v) is 9.71. The molecule has 0 amide bonds. The van der Waals surface area contributed by atoms with Gasteiger partial charge in [0.05, 0.1) is 0 Å². The van der Waals surface area contributed by atoms with E-state index in [0.717, 1.165) is 0 Å². The van der Waals surface area contributed by atoms with Crippen LogP contribution in [0.1, 0.15) is 24.3 Å². The van der Waals surface area contributed by atoms with Gasteiger partial charge in [-0.1, -0.05) is 30.3 Å². The quantitative estimate of drug-likeness (QED) is 0.485. The maximum Gasteiger partial charge on any atom is 0.349 e. The van der Waals surface area contributed by atoms with E-state index in [1.807, 2.05) is 30.3 Å². The molecule has 1 aromatic rings. The van der Waals surface area contributed by atoms with Crippen LogP contribution in [0.3, 0.4) is 0 Å². The smallest absolute Gasteiger partial charge is 0.349 e. The maximum atomic E-state index is 10.7. The average Bonchev–Trinajstić information content (AvgIpc) is 2.28. The third kappa shape index (κ3) is 2.21. The first-order valence-corrected chi connectivity index (χ1v) is 5.75. The van der Waals surface area contributed by atoms with Crippen LogP contribution in [0.5, 0.6) is 0 Å². The Balaban J connectivity index is 2.06. The third-order valence-corrected chi connectivity index (χ3v) is 3.38. The summed E-state index contributed by atoms with van der Waals surface area (Å²) in [4.78, 5) is 10.7. The first-order valence-electron chi connectivity index (χ1n) is 5.75. The molecule has 2 N–H and O–H groups in total. The summed E-state index contributed by atoms with van der Waals surface area (Å²) < 4.78 is 0. The third-order valence-electron chi connectivity index (χ3n) is 3.38. The lowest BCUT2D eigenvalue weighted by Gasteiger charge is -2.35. The number of aliphatic hydroxyl groups excluding tert-OH is 1. The summed E-state index contributed by atoms with van der Waals surface area (Å²) >= 11 is 0.